The highest BCUT2D eigenvalue weighted by Crippen LogP contribution is 2.33. The molecule has 0 heterocycles. The first kappa shape index (κ1) is 19.2. The molecule has 25 heavy (non-hydrogen) atoms. The number of hydrogen-bond acceptors (Lipinski definition) is 3. The van der Waals surface area contributed by atoms with Gasteiger partial charge in [0.1, 0.15) is 0 Å². The topological polar surface area (TPSA) is 47.6 Å². The van der Waals surface area contributed by atoms with Crippen molar-refractivity contribution >= 4 is 21.8 Å². The summed E-state index contributed by atoms with van der Waals surface area (Å²) in [7, 11) is 3.04. The number of amides is 1. The molecule has 0 spiro atoms. The summed E-state index contributed by atoms with van der Waals surface area (Å²) >= 11 is 3.40. The normalized spacial score (nSPS) is 11.8. The first-order valence-electron chi connectivity index (χ1n) is 7.50. The van der Waals surface area contributed by atoms with Gasteiger partial charge in [0.25, 0.3) is 0 Å². The highest BCUT2D eigenvalue weighted by molar-refractivity contribution is 9.10. The van der Waals surface area contributed by atoms with Crippen molar-refractivity contribution in [3.63, 3.8) is 0 Å². The number of rotatable bonds is 6. The monoisotopic (exact) mass is 413 g/mol. The van der Waals surface area contributed by atoms with E-state index in [4.69, 9.17) is 9.47 Å². The molecule has 4 nitrogen and oxygen atoms in total. The highest BCUT2D eigenvalue weighted by atomic mass is 79.9. The van der Waals surface area contributed by atoms with Gasteiger partial charge in [0, 0.05) is 4.47 Å². The van der Waals surface area contributed by atoms with Crippen LogP contribution in [0.5, 0.6) is 11.5 Å². The molecular weight excluding hydrogens is 396 g/mol. The molecule has 0 radical (unpaired) electrons. The molecule has 0 aliphatic rings. The minimum Gasteiger partial charge on any atom is -0.493 e. The molecule has 0 aliphatic heterocycles. The SMILES string of the molecule is COc1cc(Br)c(CC(=O)NC(C)c2ccc(F)c(F)c2)cc1OC. The Hall–Kier alpha value is -2.15. The predicted octanol–water partition coefficient (Wildman–Crippen LogP) is 4.16. The maximum absolute atomic E-state index is 13.3. The van der Waals surface area contributed by atoms with Gasteiger partial charge < -0.3 is 14.8 Å². The molecule has 0 aromatic heterocycles. The van der Waals surface area contributed by atoms with Crippen LogP contribution in [0.25, 0.3) is 0 Å². The Morgan fingerprint density at radius 3 is 2.36 bits per heavy atom. The van der Waals surface area contributed by atoms with E-state index in [2.05, 4.69) is 21.2 Å². The summed E-state index contributed by atoms with van der Waals surface area (Å²) in [4.78, 5) is 12.3. The lowest BCUT2D eigenvalue weighted by molar-refractivity contribution is -0.121. The molecule has 2 aromatic carbocycles. The number of methoxy groups -OCH3 is 2. The van der Waals surface area contributed by atoms with E-state index in [0.29, 0.717) is 27.1 Å². The molecule has 2 aromatic rings. The quantitative estimate of drug-likeness (QED) is 0.772. The van der Waals surface area contributed by atoms with Crippen molar-refractivity contribution in [3.8, 4) is 11.5 Å². The van der Waals surface area contributed by atoms with Crippen molar-refractivity contribution in [2.75, 3.05) is 14.2 Å². The average Bonchev–Trinajstić information content (AvgIpc) is 2.58. The second-order valence-electron chi connectivity index (χ2n) is 5.44. The average molecular weight is 414 g/mol. The Balaban J connectivity index is 2.10. The van der Waals surface area contributed by atoms with Crippen LogP contribution < -0.4 is 14.8 Å². The van der Waals surface area contributed by atoms with E-state index in [9.17, 15) is 13.6 Å². The molecule has 0 saturated heterocycles. The smallest absolute Gasteiger partial charge is 0.224 e. The molecule has 0 fully saturated rings. The van der Waals surface area contributed by atoms with Crippen LogP contribution in [0.4, 0.5) is 8.78 Å². The second-order valence-corrected chi connectivity index (χ2v) is 6.29. The van der Waals surface area contributed by atoms with Gasteiger partial charge in [-0.25, -0.2) is 8.78 Å². The Labute approximate surface area is 153 Å². The molecule has 0 saturated carbocycles. The summed E-state index contributed by atoms with van der Waals surface area (Å²) in [6.45, 7) is 1.70. The molecule has 134 valence electrons. The Morgan fingerprint density at radius 2 is 1.76 bits per heavy atom. The van der Waals surface area contributed by atoms with E-state index in [1.54, 1.807) is 19.1 Å². The molecule has 0 aliphatic carbocycles. The maximum atomic E-state index is 13.3. The van der Waals surface area contributed by atoms with Gasteiger partial charge >= 0.3 is 0 Å². The summed E-state index contributed by atoms with van der Waals surface area (Å²) in [5, 5.41) is 2.76. The number of carbonyl (C=O) groups is 1. The lowest BCUT2D eigenvalue weighted by atomic mass is 10.1. The Kier molecular flexibility index (Phi) is 6.36. The van der Waals surface area contributed by atoms with Crippen molar-refractivity contribution in [3.05, 3.63) is 57.6 Å². The van der Waals surface area contributed by atoms with Crippen molar-refractivity contribution in [2.45, 2.75) is 19.4 Å². The first-order chi connectivity index (χ1) is 11.8. The maximum Gasteiger partial charge on any atom is 0.224 e. The lowest BCUT2D eigenvalue weighted by Crippen LogP contribution is -2.28. The number of ether oxygens (including phenoxy) is 2. The van der Waals surface area contributed by atoms with Crippen molar-refractivity contribution < 1.29 is 23.0 Å². The number of carbonyl (C=O) groups excluding carboxylic acids is 1. The van der Waals surface area contributed by atoms with Gasteiger partial charge in [0.15, 0.2) is 23.1 Å². The fourth-order valence-corrected chi connectivity index (χ4v) is 2.82. The summed E-state index contributed by atoms with van der Waals surface area (Å²) in [6, 6.07) is 6.53. The largest absolute Gasteiger partial charge is 0.493 e. The van der Waals surface area contributed by atoms with Crippen LogP contribution in [0.2, 0.25) is 0 Å². The Morgan fingerprint density at radius 1 is 1.12 bits per heavy atom. The second kappa shape index (κ2) is 8.29. The van der Waals surface area contributed by atoms with Gasteiger partial charge in [-0.3, -0.25) is 4.79 Å². The molecule has 1 N–H and O–H groups in total. The third-order valence-electron chi connectivity index (χ3n) is 3.72. The highest BCUT2D eigenvalue weighted by Gasteiger charge is 2.16. The van der Waals surface area contributed by atoms with Gasteiger partial charge in [0.05, 0.1) is 26.7 Å². The van der Waals surface area contributed by atoms with Crippen LogP contribution in [0, 0.1) is 11.6 Å². The number of halogens is 3. The van der Waals surface area contributed by atoms with Gasteiger partial charge in [-0.15, -0.1) is 0 Å². The molecule has 1 atom stereocenters. The first-order valence-corrected chi connectivity index (χ1v) is 8.29. The fourth-order valence-electron chi connectivity index (χ4n) is 2.36. The van der Waals surface area contributed by atoms with Gasteiger partial charge in [-0.2, -0.15) is 0 Å². The molecule has 1 unspecified atom stereocenters. The molecule has 2 rings (SSSR count). The predicted molar refractivity (Wildman–Crippen MR) is 93.9 cm³/mol. The summed E-state index contributed by atoms with van der Waals surface area (Å²) in [5.41, 5.74) is 1.20. The van der Waals surface area contributed by atoms with Crippen LogP contribution in [0.15, 0.2) is 34.8 Å². The van der Waals surface area contributed by atoms with Crippen LogP contribution >= 0.6 is 15.9 Å². The van der Waals surface area contributed by atoms with Crippen molar-refractivity contribution in [2.24, 2.45) is 0 Å². The zero-order chi connectivity index (χ0) is 18.6. The van der Waals surface area contributed by atoms with E-state index < -0.39 is 17.7 Å². The van der Waals surface area contributed by atoms with Gasteiger partial charge in [0.2, 0.25) is 5.91 Å². The summed E-state index contributed by atoms with van der Waals surface area (Å²) < 4.78 is 37.5. The summed E-state index contributed by atoms with van der Waals surface area (Å²) in [6.07, 6.45) is 0.0922. The number of benzene rings is 2. The van der Waals surface area contributed by atoms with Crippen LogP contribution in [0.1, 0.15) is 24.1 Å². The van der Waals surface area contributed by atoms with E-state index in [0.717, 1.165) is 12.1 Å². The minimum absolute atomic E-state index is 0.0922. The standard InChI is InChI=1S/C18H18BrF2NO3/c1-10(11-4-5-14(20)15(21)6-11)22-18(23)8-12-7-16(24-2)17(25-3)9-13(12)19/h4-7,9-10H,8H2,1-3H3,(H,22,23). The van der Waals surface area contributed by atoms with Crippen molar-refractivity contribution in [1.82, 2.24) is 5.32 Å². The zero-order valence-electron chi connectivity index (χ0n) is 14.0. The van der Waals surface area contributed by atoms with Crippen LogP contribution in [-0.4, -0.2) is 20.1 Å². The lowest BCUT2D eigenvalue weighted by Gasteiger charge is -2.16. The number of nitrogens with one attached hydrogen (secondary N) is 1. The molecule has 1 amide bonds. The third-order valence-corrected chi connectivity index (χ3v) is 4.46. The van der Waals surface area contributed by atoms with E-state index in [1.165, 1.54) is 20.3 Å². The minimum atomic E-state index is -0.943. The third kappa shape index (κ3) is 4.69. The molecule has 0 bridgehead atoms. The van der Waals surface area contributed by atoms with Gasteiger partial charge in [-0.05, 0) is 42.3 Å². The van der Waals surface area contributed by atoms with Crippen LogP contribution in [0.3, 0.4) is 0 Å². The fraction of sp³-hybridized carbons (Fsp3) is 0.278. The van der Waals surface area contributed by atoms with E-state index >= 15 is 0 Å². The zero-order valence-corrected chi connectivity index (χ0v) is 15.6. The Bertz CT molecular complexity index is 783. The molecule has 7 heteroatoms. The number of hydrogen-bond donors (Lipinski definition) is 1. The van der Waals surface area contributed by atoms with E-state index in [1.807, 2.05) is 0 Å². The van der Waals surface area contributed by atoms with Gasteiger partial charge in [-0.1, -0.05) is 22.0 Å². The van der Waals surface area contributed by atoms with Crippen LogP contribution in [-0.2, 0) is 11.2 Å². The van der Waals surface area contributed by atoms with Crippen molar-refractivity contribution in [1.29, 1.82) is 0 Å². The van der Waals surface area contributed by atoms with E-state index in [-0.39, 0.29) is 12.3 Å². The molecular formula is C18H18BrF2NO3. The summed E-state index contributed by atoms with van der Waals surface area (Å²) in [5.74, 6) is -1.06.